The van der Waals surface area contributed by atoms with Gasteiger partial charge in [0.25, 0.3) is 0 Å². The Bertz CT molecular complexity index is 552. The van der Waals surface area contributed by atoms with Gasteiger partial charge in [-0.3, -0.25) is 10.0 Å². The maximum Gasteiger partial charge on any atom is 0.247 e. The second-order valence-electron chi connectivity index (χ2n) is 4.79. The minimum absolute atomic E-state index is 0.188. The molecule has 2 N–H and O–H groups in total. The third-order valence-electron chi connectivity index (χ3n) is 3.13. The standard InChI is InChI=1S/C17H19NO3/c19-17(18-20)13-15-10-8-14(9-11-15)5-4-12-21-16-6-2-1-3-7-16/h1-3,6-11,20H,4-5,12-13H2,(H,18,19). The van der Waals surface area contributed by atoms with Crippen LogP contribution in [0.2, 0.25) is 0 Å². The van der Waals surface area contributed by atoms with Gasteiger partial charge in [0, 0.05) is 0 Å². The number of aryl methyl sites for hydroxylation is 1. The van der Waals surface area contributed by atoms with Gasteiger partial charge >= 0.3 is 0 Å². The van der Waals surface area contributed by atoms with Crippen LogP contribution in [0.25, 0.3) is 0 Å². The Morgan fingerprint density at radius 3 is 2.33 bits per heavy atom. The van der Waals surface area contributed by atoms with Crippen LogP contribution in [0.15, 0.2) is 54.6 Å². The first kappa shape index (κ1) is 15.1. The van der Waals surface area contributed by atoms with Crippen molar-refractivity contribution in [1.82, 2.24) is 5.48 Å². The highest BCUT2D eigenvalue weighted by molar-refractivity contribution is 5.77. The molecule has 0 radical (unpaired) electrons. The van der Waals surface area contributed by atoms with Gasteiger partial charge in [0.1, 0.15) is 5.75 Å². The van der Waals surface area contributed by atoms with E-state index in [1.54, 1.807) is 5.48 Å². The molecule has 0 bridgehead atoms. The predicted molar refractivity (Wildman–Crippen MR) is 80.3 cm³/mol. The van der Waals surface area contributed by atoms with E-state index in [1.807, 2.05) is 54.6 Å². The molecule has 2 rings (SSSR count). The maximum absolute atomic E-state index is 11.0. The molecule has 0 aliphatic carbocycles. The lowest BCUT2D eigenvalue weighted by molar-refractivity contribution is -0.128. The van der Waals surface area contributed by atoms with Crippen LogP contribution >= 0.6 is 0 Å². The third-order valence-corrected chi connectivity index (χ3v) is 3.13. The minimum atomic E-state index is -0.404. The van der Waals surface area contributed by atoms with Gasteiger partial charge in [-0.05, 0) is 36.1 Å². The van der Waals surface area contributed by atoms with E-state index in [9.17, 15) is 4.79 Å². The average molecular weight is 285 g/mol. The summed E-state index contributed by atoms with van der Waals surface area (Å²) in [4.78, 5) is 11.0. The zero-order chi connectivity index (χ0) is 14.9. The van der Waals surface area contributed by atoms with Crippen molar-refractivity contribution in [3.63, 3.8) is 0 Å². The second kappa shape index (κ2) is 8.07. The summed E-state index contributed by atoms with van der Waals surface area (Å²) in [6.45, 7) is 0.679. The monoisotopic (exact) mass is 285 g/mol. The summed E-state index contributed by atoms with van der Waals surface area (Å²) in [5.74, 6) is 0.488. The van der Waals surface area contributed by atoms with Crippen LogP contribution in [0.1, 0.15) is 17.5 Å². The fourth-order valence-electron chi connectivity index (χ4n) is 2.03. The molecule has 0 spiro atoms. The summed E-state index contributed by atoms with van der Waals surface area (Å²) < 4.78 is 5.64. The molecule has 4 nitrogen and oxygen atoms in total. The van der Waals surface area contributed by atoms with Crippen molar-refractivity contribution >= 4 is 5.91 Å². The lowest BCUT2D eigenvalue weighted by atomic mass is 10.1. The second-order valence-corrected chi connectivity index (χ2v) is 4.79. The van der Waals surface area contributed by atoms with E-state index in [0.717, 1.165) is 24.2 Å². The number of hydroxylamine groups is 1. The molecule has 0 saturated carbocycles. The Morgan fingerprint density at radius 1 is 1.00 bits per heavy atom. The molecule has 0 unspecified atom stereocenters. The molecule has 110 valence electrons. The van der Waals surface area contributed by atoms with Gasteiger partial charge in [0.15, 0.2) is 0 Å². The highest BCUT2D eigenvalue weighted by Crippen LogP contribution is 2.11. The van der Waals surface area contributed by atoms with Crippen LogP contribution in [0.3, 0.4) is 0 Å². The summed E-state index contributed by atoms with van der Waals surface area (Å²) in [6.07, 6.45) is 2.05. The third kappa shape index (κ3) is 5.28. The Hall–Kier alpha value is -2.33. The fraction of sp³-hybridized carbons (Fsp3) is 0.235. The highest BCUT2D eigenvalue weighted by atomic mass is 16.5. The zero-order valence-corrected chi connectivity index (χ0v) is 11.8. The first-order valence-electron chi connectivity index (χ1n) is 6.96. The van der Waals surface area contributed by atoms with Crippen LogP contribution in [0, 0.1) is 0 Å². The lowest BCUT2D eigenvalue weighted by Crippen LogP contribution is -2.20. The van der Waals surface area contributed by atoms with Crippen molar-refractivity contribution in [2.24, 2.45) is 0 Å². The summed E-state index contributed by atoms with van der Waals surface area (Å²) in [7, 11) is 0. The summed E-state index contributed by atoms with van der Waals surface area (Å²) in [6, 6.07) is 17.6. The van der Waals surface area contributed by atoms with Crippen molar-refractivity contribution in [3.05, 3.63) is 65.7 Å². The van der Waals surface area contributed by atoms with Gasteiger partial charge in [-0.2, -0.15) is 0 Å². The number of carbonyl (C=O) groups is 1. The maximum atomic E-state index is 11.0. The molecule has 0 heterocycles. The Labute approximate surface area is 124 Å². The van der Waals surface area contributed by atoms with Gasteiger partial charge < -0.3 is 4.74 Å². The van der Waals surface area contributed by atoms with Crippen molar-refractivity contribution < 1.29 is 14.7 Å². The molecule has 0 saturated heterocycles. The summed E-state index contributed by atoms with van der Waals surface area (Å²) >= 11 is 0. The van der Waals surface area contributed by atoms with Crippen LogP contribution in [0.5, 0.6) is 5.75 Å². The number of hydrogen-bond acceptors (Lipinski definition) is 3. The molecule has 0 atom stereocenters. The number of nitrogens with one attached hydrogen (secondary N) is 1. The van der Waals surface area contributed by atoms with E-state index in [0.29, 0.717) is 6.61 Å². The molecule has 2 aromatic carbocycles. The number of benzene rings is 2. The molecule has 0 fully saturated rings. The molecular formula is C17H19NO3. The first-order chi connectivity index (χ1) is 10.3. The van der Waals surface area contributed by atoms with Gasteiger partial charge in [-0.1, -0.05) is 42.5 Å². The largest absolute Gasteiger partial charge is 0.494 e. The van der Waals surface area contributed by atoms with Gasteiger partial charge in [-0.25, -0.2) is 5.48 Å². The molecule has 0 aliphatic heterocycles. The van der Waals surface area contributed by atoms with E-state index in [1.165, 1.54) is 5.56 Å². The van der Waals surface area contributed by atoms with Gasteiger partial charge in [-0.15, -0.1) is 0 Å². The van der Waals surface area contributed by atoms with E-state index < -0.39 is 5.91 Å². The van der Waals surface area contributed by atoms with Gasteiger partial charge in [0.05, 0.1) is 13.0 Å². The smallest absolute Gasteiger partial charge is 0.247 e. The van der Waals surface area contributed by atoms with Crippen LogP contribution in [0.4, 0.5) is 0 Å². The first-order valence-corrected chi connectivity index (χ1v) is 6.96. The van der Waals surface area contributed by atoms with Crippen molar-refractivity contribution in [3.8, 4) is 5.75 Å². The molecule has 21 heavy (non-hydrogen) atoms. The molecular weight excluding hydrogens is 266 g/mol. The Kier molecular flexibility index (Phi) is 5.79. The molecule has 0 aliphatic rings. The molecule has 4 heteroatoms. The van der Waals surface area contributed by atoms with E-state index in [4.69, 9.17) is 9.94 Å². The van der Waals surface area contributed by atoms with E-state index >= 15 is 0 Å². The summed E-state index contributed by atoms with van der Waals surface area (Å²) in [5.41, 5.74) is 3.72. The number of hydrogen-bond donors (Lipinski definition) is 2. The lowest BCUT2D eigenvalue weighted by Gasteiger charge is -2.06. The predicted octanol–water partition coefficient (Wildman–Crippen LogP) is 2.75. The van der Waals surface area contributed by atoms with Gasteiger partial charge in [0.2, 0.25) is 5.91 Å². The van der Waals surface area contributed by atoms with Crippen molar-refractivity contribution in [1.29, 1.82) is 0 Å². The Balaban J connectivity index is 1.72. The quantitative estimate of drug-likeness (QED) is 0.467. The van der Waals surface area contributed by atoms with E-state index in [2.05, 4.69) is 0 Å². The zero-order valence-electron chi connectivity index (χ0n) is 11.8. The molecule has 0 aromatic heterocycles. The number of rotatable bonds is 7. The number of amides is 1. The summed E-state index contributed by atoms with van der Waals surface area (Å²) in [5, 5.41) is 8.47. The molecule has 2 aromatic rings. The van der Waals surface area contributed by atoms with E-state index in [-0.39, 0.29) is 6.42 Å². The van der Waals surface area contributed by atoms with Crippen LogP contribution in [-0.2, 0) is 17.6 Å². The SMILES string of the molecule is O=C(Cc1ccc(CCCOc2ccccc2)cc1)NO. The van der Waals surface area contributed by atoms with Crippen molar-refractivity contribution in [2.45, 2.75) is 19.3 Å². The fourth-order valence-corrected chi connectivity index (χ4v) is 2.03. The van der Waals surface area contributed by atoms with Crippen molar-refractivity contribution in [2.75, 3.05) is 6.61 Å². The average Bonchev–Trinajstić information content (AvgIpc) is 2.54. The minimum Gasteiger partial charge on any atom is -0.494 e. The van der Waals surface area contributed by atoms with Crippen LogP contribution < -0.4 is 10.2 Å². The topological polar surface area (TPSA) is 58.6 Å². The highest BCUT2D eigenvalue weighted by Gasteiger charge is 2.01. The number of ether oxygens (including phenoxy) is 1. The number of para-hydroxylation sites is 1. The van der Waals surface area contributed by atoms with Crippen LogP contribution in [-0.4, -0.2) is 17.7 Å². The molecule has 1 amide bonds. The Morgan fingerprint density at radius 2 is 1.67 bits per heavy atom. The normalized spacial score (nSPS) is 10.1. The number of carbonyl (C=O) groups excluding carboxylic acids is 1.